The zero-order valence-electron chi connectivity index (χ0n) is 7.14. The van der Waals surface area contributed by atoms with Crippen LogP contribution in [0.1, 0.15) is 17.7 Å². The van der Waals surface area contributed by atoms with Crippen LogP contribution in [-0.4, -0.2) is 12.1 Å². The van der Waals surface area contributed by atoms with Gasteiger partial charge in [0.15, 0.2) is 0 Å². The Hall–Kier alpha value is -1.26. The number of ether oxygens (including phenoxy) is 1. The van der Waals surface area contributed by atoms with Crippen LogP contribution in [0.3, 0.4) is 0 Å². The predicted octanol–water partition coefficient (Wildman–Crippen LogP) is 2.48. The Balaban J connectivity index is 3.22. The second-order valence-electron chi connectivity index (χ2n) is 2.46. The van der Waals surface area contributed by atoms with Crippen LogP contribution in [0, 0.1) is 12.9 Å². The normalized spacial score (nSPS) is 10.6. The quantitative estimate of drug-likeness (QED) is 0.670. The summed E-state index contributed by atoms with van der Waals surface area (Å²) in [6, 6.07) is 0.961. The van der Waals surface area contributed by atoms with Crippen molar-refractivity contribution in [3.05, 3.63) is 23.3 Å². The fourth-order valence-electron chi connectivity index (χ4n) is 0.932. The molecule has 0 aliphatic carbocycles. The molecule has 0 amide bonds. The van der Waals surface area contributed by atoms with Crippen LogP contribution in [0.2, 0.25) is 0 Å². The summed E-state index contributed by atoms with van der Waals surface area (Å²) in [7, 11) is 1.32. The van der Waals surface area contributed by atoms with Crippen molar-refractivity contribution in [3.63, 3.8) is 0 Å². The lowest BCUT2D eigenvalue weighted by atomic mass is 10.2. The molecule has 0 radical (unpaired) electrons. The molecule has 0 bridgehead atoms. The van der Waals surface area contributed by atoms with Crippen LogP contribution in [0.15, 0.2) is 6.07 Å². The van der Waals surface area contributed by atoms with E-state index in [-0.39, 0.29) is 11.4 Å². The molecule has 0 aromatic carbocycles. The van der Waals surface area contributed by atoms with Crippen molar-refractivity contribution < 1.29 is 17.9 Å². The Bertz CT molecular complexity index is 315. The molecule has 0 fully saturated rings. The highest BCUT2D eigenvalue weighted by Crippen LogP contribution is 2.26. The van der Waals surface area contributed by atoms with E-state index in [9.17, 15) is 13.2 Å². The maximum atomic E-state index is 12.8. The summed E-state index contributed by atoms with van der Waals surface area (Å²) in [5, 5.41) is 0. The van der Waals surface area contributed by atoms with Crippen LogP contribution >= 0.6 is 0 Å². The highest BCUT2D eigenvalue weighted by molar-refractivity contribution is 5.31. The molecule has 0 aliphatic rings. The number of rotatable bonds is 2. The molecule has 1 rings (SSSR count). The smallest absolute Gasteiger partial charge is 0.268 e. The van der Waals surface area contributed by atoms with E-state index in [1.54, 1.807) is 0 Å². The van der Waals surface area contributed by atoms with Gasteiger partial charge in [-0.3, -0.25) is 0 Å². The zero-order valence-corrected chi connectivity index (χ0v) is 7.14. The minimum atomic E-state index is -2.87. The first kappa shape index (κ1) is 9.83. The zero-order chi connectivity index (χ0) is 10.0. The molecule has 0 saturated carbocycles. The van der Waals surface area contributed by atoms with Gasteiger partial charge in [-0.25, -0.2) is 13.8 Å². The Morgan fingerprint density at radius 3 is 2.54 bits per heavy atom. The molecular weight excluding hydrogens is 183 g/mol. The maximum absolute atomic E-state index is 12.8. The lowest BCUT2D eigenvalue weighted by Crippen LogP contribution is -1.99. The third kappa shape index (κ3) is 1.91. The number of hydrogen-bond acceptors (Lipinski definition) is 2. The van der Waals surface area contributed by atoms with Crippen molar-refractivity contribution >= 4 is 0 Å². The van der Waals surface area contributed by atoms with E-state index in [1.807, 2.05) is 0 Å². The second kappa shape index (κ2) is 3.64. The molecule has 1 aromatic heterocycles. The van der Waals surface area contributed by atoms with Gasteiger partial charge in [-0.2, -0.15) is 4.39 Å². The molecule has 0 spiro atoms. The summed E-state index contributed by atoms with van der Waals surface area (Å²) < 4.78 is 41.8. The molecule has 0 aliphatic heterocycles. The van der Waals surface area contributed by atoms with E-state index >= 15 is 0 Å². The highest BCUT2D eigenvalue weighted by Gasteiger charge is 2.17. The number of nitrogens with zero attached hydrogens (tertiary/aromatic N) is 1. The lowest BCUT2D eigenvalue weighted by molar-refractivity contribution is 0.144. The van der Waals surface area contributed by atoms with Crippen molar-refractivity contribution in [1.29, 1.82) is 0 Å². The first-order valence-electron chi connectivity index (χ1n) is 3.55. The Morgan fingerprint density at radius 1 is 1.46 bits per heavy atom. The van der Waals surface area contributed by atoms with E-state index in [2.05, 4.69) is 4.98 Å². The van der Waals surface area contributed by atoms with Gasteiger partial charge in [0.25, 0.3) is 6.43 Å². The predicted molar refractivity (Wildman–Crippen MR) is 40.4 cm³/mol. The van der Waals surface area contributed by atoms with Crippen molar-refractivity contribution in [2.75, 3.05) is 7.11 Å². The van der Waals surface area contributed by atoms with Gasteiger partial charge < -0.3 is 4.74 Å². The third-order valence-corrected chi connectivity index (χ3v) is 1.60. The summed E-state index contributed by atoms with van der Waals surface area (Å²) in [5.41, 5.74) is -0.480. The maximum Gasteiger partial charge on any atom is 0.268 e. The fraction of sp³-hybridized carbons (Fsp3) is 0.375. The van der Waals surface area contributed by atoms with Crippen molar-refractivity contribution in [1.82, 2.24) is 4.98 Å². The van der Waals surface area contributed by atoms with E-state index in [0.717, 1.165) is 6.07 Å². The van der Waals surface area contributed by atoms with Crippen LogP contribution in [0.5, 0.6) is 5.75 Å². The monoisotopic (exact) mass is 191 g/mol. The minimum Gasteiger partial charge on any atom is -0.495 e. The highest BCUT2D eigenvalue weighted by atomic mass is 19.3. The van der Waals surface area contributed by atoms with Crippen molar-refractivity contribution in [2.45, 2.75) is 13.3 Å². The van der Waals surface area contributed by atoms with E-state index in [0.29, 0.717) is 0 Å². The van der Waals surface area contributed by atoms with Crippen molar-refractivity contribution in [3.8, 4) is 5.75 Å². The average Bonchev–Trinajstić information content (AvgIpc) is 2.03. The number of aryl methyl sites for hydroxylation is 1. The average molecular weight is 191 g/mol. The van der Waals surface area contributed by atoms with Gasteiger partial charge in [0, 0.05) is 0 Å². The van der Waals surface area contributed by atoms with Gasteiger partial charge in [0.2, 0.25) is 5.95 Å². The number of pyridine rings is 1. The number of methoxy groups -OCH3 is 1. The molecule has 1 heterocycles. The van der Waals surface area contributed by atoms with Gasteiger partial charge in [-0.05, 0) is 13.0 Å². The fourth-order valence-corrected chi connectivity index (χ4v) is 0.932. The molecule has 2 nitrogen and oxygen atoms in total. The van der Waals surface area contributed by atoms with Gasteiger partial charge in [-0.15, -0.1) is 0 Å². The number of aromatic nitrogens is 1. The SMILES string of the molecule is COc1cc(C(F)F)c(F)nc1C. The van der Waals surface area contributed by atoms with E-state index in [1.165, 1.54) is 14.0 Å². The first-order chi connectivity index (χ1) is 6.06. The largest absolute Gasteiger partial charge is 0.495 e. The molecule has 1 aromatic rings. The van der Waals surface area contributed by atoms with Crippen LogP contribution in [0.4, 0.5) is 13.2 Å². The number of hydrogen-bond donors (Lipinski definition) is 0. The molecule has 13 heavy (non-hydrogen) atoms. The van der Waals surface area contributed by atoms with Gasteiger partial charge >= 0.3 is 0 Å². The van der Waals surface area contributed by atoms with Crippen LogP contribution in [0.25, 0.3) is 0 Å². The van der Waals surface area contributed by atoms with E-state index < -0.39 is 17.9 Å². The Labute approximate surface area is 73.4 Å². The second-order valence-corrected chi connectivity index (χ2v) is 2.46. The summed E-state index contributed by atoms with van der Waals surface area (Å²) in [6.45, 7) is 1.48. The molecule has 0 N–H and O–H groups in total. The number of alkyl halides is 2. The van der Waals surface area contributed by atoms with Crippen LogP contribution < -0.4 is 4.74 Å². The van der Waals surface area contributed by atoms with Gasteiger partial charge in [-0.1, -0.05) is 0 Å². The van der Waals surface area contributed by atoms with Gasteiger partial charge in [0.05, 0.1) is 18.4 Å². The molecule has 0 saturated heterocycles. The summed E-state index contributed by atoms with van der Waals surface area (Å²) >= 11 is 0. The molecule has 0 unspecified atom stereocenters. The minimum absolute atomic E-state index is 0.164. The first-order valence-corrected chi connectivity index (χ1v) is 3.55. The van der Waals surface area contributed by atoms with Crippen LogP contribution in [-0.2, 0) is 0 Å². The van der Waals surface area contributed by atoms with Gasteiger partial charge in [0.1, 0.15) is 5.75 Å². The van der Waals surface area contributed by atoms with E-state index in [4.69, 9.17) is 4.74 Å². The Morgan fingerprint density at radius 2 is 2.08 bits per heavy atom. The third-order valence-electron chi connectivity index (χ3n) is 1.60. The standard InChI is InChI=1S/C8H8F3NO/c1-4-6(13-2)3-5(7(9)10)8(11)12-4/h3,7H,1-2H3. The summed E-state index contributed by atoms with van der Waals surface area (Å²) in [4.78, 5) is 3.29. The molecule has 0 atom stereocenters. The summed E-state index contributed by atoms with van der Waals surface area (Å²) in [5.74, 6) is -0.981. The molecular formula is C8H8F3NO. The summed E-state index contributed by atoms with van der Waals surface area (Å²) in [6.07, 6.45) is -2.87. The number of halogens is 3. The molecule has 72 valence electrons. The van der Waals surface area contributed by atoms with Crippen molar-refractivity contribution in [2.24, 2.45) is 0 Å². The molecule has 5 heteroatoms. The topological polar surface area (TPSA) is 22.1 Å². The Kier molecular flexibility index (Phi) is 2.75. The lowest BCUT2D eigenvalue weighted by Gasteiger charge is -2.07.